The quantitative estimate of drug-likeness (QED) is 0.831. The highest BCUT2D eigenvalue weighted by Crippen LogP contribution is 2.29. The van der Waals surface area contributed by atoms with E-state index in [-0.39, 0.29) is 18.2 Å². The molecule has 2 aromatic carbocycles. The van der Waals surface area contributed by atoms with Gasteiger partial charge in [0.1, 0.15) is 5.82 Å². The second-order valence-corrected chi connectivity index (χ2v) is 4.43. The molecule has 0 amide bonds. The number of hydrogen-bond acceptors (Lipinski definition) is 1. The van der Waals surface area contributed by atoms with Gasteiger partial charge in [-0.15, -0.1) is 12.4 Å². The first kappa shape index (κ1) is 13.1. The lowest BCUT2D eigenvalue weighted by atomic mass is 9.86. The summed E-state index contributed by atoms with van der Waals surface area (Å²) in [5, 5.41) is 3.41. The Bertz CT molecular complexity index is 524. The number of benzene rings is 2. The van der Waals surface area contributed by atoms with E-state index in [1.54, 1.807) is 0 Å². The Hall–Kier alpha value is -1.38. The normalized spacial score (nSPS) is 17.7. The number of halogens is 2. The molecule has 0 spiro atoms. The van der Waals surface area contributed by atoms with Gasteiger partial charge in [0.25, 0.3) is 0 Å². The number of fused-ring (bicyclic) bond motifs is 1. The van der Waals surface area contributed by atoms with Crippen LogP contribution in [0.25, 0.3) is 0 Å². The van der Waals surface area contributed by atoms with Gasteiger partial charge in [-0.25, -0.2) is 4.39 Å². The summed E-state index contributed by atoms with van der Waals surface area (Å²) < 4.78 is 12.9. The Morgan fingerprint density at radius 3 is 2.50 bits per heavy atom. The molecular formula is C15H15ClFN. The molecule has 1 heterocycles. The van der Waals surface area contributed by atoms with Crippen LogP contribution >= 0.6 is 12.4 Å². The third kappa shape index (κ3) is 2.40. The SMILES string of the molecule is Cl.Fc1ccc(C2CNCc3ccccc32)cc1. The third-order valence-corrected chi connectivity index (χ3v) is 3.37. The molecule has 1 unspecified atom stereocenters. The molecule has 0 aromatic heterocycles. The average Bonchev–Trinajstić information content (AvgIpc) is 2.39. The molecule has 1 nitrogen and oxygen atoms in total. The molecule has 1 atom stereocenters. The highest BCUT2D eigenvalue weighted by molar-refractivity contribution is 5.85. The summed E-state index contributed by atoms with van der Waals surface area (Å²) in [5.41, 5.74) is 3.87. The van der Waals surface area contributed by atoms with Crippen LogP contribution in [0.1, 0.15) is 22.6 Å². The molecular weight excluding hydrogens is 249 g/mol. The van der Waals surface area contributed by atoms with Crippen molar-refractivity contribution in [3.05, 3.63) is 71.0 Å². The fourth-order valence-electron chi connectivity index (χ4n) is 2.49. The molecule has 1 aliphatic heterocycles. The zero-order valence-electron chi connectivity index (χ0n) is 9.90. The smallest absolute Gasteiger partial charge is 0.123 e. The van der Waals surface area contributed by atoms with E-state index in [0.717, 1.165) is 13.1 Å². The minimum atomic E-state index is -0.175. The van der Waals surface area contributed by atoms with Crippen molar-refractivity contribution in [2.24, 2.45) is 0 Å². The van der Waals surface area contributed by atoms with Crippen molar-refractivity contribution in [3.8, 4) is 0 Å². The Morgan fingerprint density at radius 2 is 1.72 bits per heavy atom. The van der Waals surface area contributed by atoms with E-state index in [1.165, 1.54) is 28.8 Å². The molecule has 0 saturated heterocycles. The van der Waals surface area contributed by atoms with Crippen LogP contribution in [0.15, 0.2) is 48.5 Å². The minimum Gasteiger partial charge on any atom is -0.312 e. The zero-order valence-corrected chi connectivity index (χ0v) is 10.7. The van der Waals surface area contributed by atoms with Crippen molar-refractivity contribution >= 4 is 12.4 Å². The standard InChI is InChI=1S/C15H14FN.ClH/c16-13-7-5-11(6-8-13)15-10-17-9-12-3-1-2-4-14(12)15;/h1-8,15,17H,9-10H2;1H. The summed E-state index contributed by atoms with van der Waals surface area (Å²) in [6, 6.07) is 15.3. The maximum Gasteiger partial charge on any atom is 0.123 e. The maximum absolute atomic E-state index is 12.9. The molecule has 0 fully saturated rings. The molecule has 0 saturated carbocycles. The number of hydrogen-bond donors (Lipinski definition) is 1. The summed E-state index contributed by atoms with van der Waals surface area (Å²) in [4.78, 5) is 0. The van der Waals surface area contributed by atoms with Gasteiger partial charge < -0.3 is 5.32 Å². The lowest BCUT2D eigenvalue weighted by Crippen LogP contribution is -2.28. The van der Waals surface area contributed by atoms with Gasteiger partial charge in [-0.3, -0.25) is 0 Å². The van der Waals surface area contributed by atoms with Crippen molar-refractivity contribution < 1.29 is 4.39 Å². The maximum atomic E-state index is 12.9. The van der Waals surface area contributed by atoms with Crippen LogP contribution in [0.2, 0.25) is 0 Å². The predicted molar refractivity (Wildman–Crippen MR) is 73.6 cm³/mol. The third-order valence-electron chi connectivity index (χ3n) is 3.37. The molecule has 3 rings (SSSR count). The van der Waals surface area contributed by atoms with E-state index < -0.39 is 0 Å². The van der Waals surface area contributed by atoms with E-state index in [1.807, 2.05) is 12.1 Å². The highest BCUT2D eigenvalue weighted by Gasteiger charge is 2.20. The Morgan fingerprint density at radius 1 is 1.00 bits per heavy atom. The topological polar surface area (TPSA) is 12.0 Å². The fourth-order valence-corrected chi connectivity index (χ4v) is 2.49. The molecule has 1 N–H and O–H groups in total. The summed E-state index contributed by atoms with van der Waals surface area (Å²) in [7, 11) is 0. The van der Waals surface area contributed by atoms with Crippen LogP contribution in [-0.4, -0.2) is 6.54 Å². The molecule has 94 valence electrons. The van der Waals surface area contributed by atoms with Gasteiger partial charge in [0.05, 0.1) is 0 Å². The van der Waals surface area contributed by atoms with E-state index in [2.05, 4.69) is 29.6 Å². The number of nitrogens with one attached hydrogen (secondary N) is 1. The Kier molecular flexibility index (Phi) is 4.00. The van der Waals surface area contributed by atoms with Crippen LogP contribution in [0.3, 0.4) is 0 Å². The van der Waals surface area contributed by atoms with Crippen molar-refractivity contribution in [2.75, 3.05) is 6.54 Å². The summed E-state index contributed by atoms with van der Waals surface area (Å²) in [6.07, 6.45) is 0. The van der Waals surface area contributed by atoms with Crippen molar-refractivity contribution in [3.63, 3.8) is 0 Å². The van der Waals surface area contributed by atoms with E-state index in [4.69, 9.17) is 0 Å². The Labute approximate surface area is 112 Å². The molecule has 18 heavy (non-hydrogen) atoms. The van der Waals surface area contributed by atoms with Gasteiger partial charge in [0.15, 0.2) is 0 Å². The first-order valence-electron chi connectivity index (χ1n) is 5.88. The first-order chi connectivity index (χ1) is 8.34. The minimum absolute atomic E-state index is 0. The molecule has 3 heteroatoms. The molecule has 2 aromatic rings. The van der Waals surface area contributed by atoms with Gasteiger partial charge in [-0.2, -0.15) is 0 Å². The number of rotatable bonds is 1. The van der Waals surface area contributed by atoms with Gasteiger partial charge in [-0.1, -0.05) is 36.4 Å². The summed E-state index contributed by atoms with van der Waals surface area (Å²) in [5.74, 6) is 0.159. The monoisotopic (exact) mass is 263 g/mol. The van der Waals surface area contributed by atoms with E-state index >= 15 is 0 Å². The van der Waals surface area contributed by atoms with Crippen molar-refractivity contribution in [2.45, 2.75) is 12.5 Å². The molecule has 1 aliphatic rings. The summed E-state index contributed by atoms with van der Waals surface area (Å²) in [6.45, 7) is 1.84. The van der Waals surface area contributed by atoms with Crippen LogP contribution in [0, 0.1) is 5.82 Å². The molecule has 0 bridgehead atoms. The second-order valence-electron chi connectivity index (χ2n) is 4.43. The van der Waals surface area contributed by atoms with Crippen molar-refractivity contribution in [1.29, 1.82) is 0 Å². The van der Waals surface area contributed by atoms with Crippen LogP contribution < -0.4 is 5.32 Å². The largest absolute Gasteiger partial charge is 0.312 e. The van der Waals surface area contributed by atoms with Crippen LogP contribution in [-0.2, 0) is 6.54 Å². The zero-order chi connectivity index (χ0) is 11.7. The van der Waals surface area contributed by atoms with Gasteiger partial charge >= 0.3 is 0 Å². The highest BCUT2D eigenvalue weighted by atomic mass is 35.5. The van der Waals surface area contributed by atoms with Gasteiger partial charge in [-0.05, 0) is 28.8 Å². The summed E-state index contributed by atoms with van der Waals surface area (Å²) >= 11 is 0. The predicted octanol–water partition coefficient (Wildman–Crippen LogP) is 3.48. The first-order valence-corrected chi connectivity index (χ1v) is 5.88. The van der Waals surface area contributed by atoms with Gasteiger partial charge in [0, 0.05) is 19.0 Å². The lowest BCUT2D eigenvalue weighted by molar-refractivity contribution is 0.588. The van der Waals surface area contributed by atoms with Crippen molar-refractivity contribution in [1.82, 2.24) is 5.32 Å². The van der Waals surface area contributed by atoms with Crippen LogP contribution in [0.5, 0.6) is 0 Å². The average molecular weight is 264 g/mol. The molecule has 0 radical (unpaired) electrons. The fraction of sp³-hybridized carbons (Fsp3) is 0.200. The van der Waals surface area contributed by atoms with Crippen LogP contribution in [0.4, 0.5) is 4.39 Å². The van der Waals surface area contributed by atoms with Gasteiger partial charge in [0.2, 0.25) is 0 Å². The second kappa shape index (κ2) is 5.51. The molecule has 0 aliphatic carbocycles. The lowest BCUT2D eigenvalue weighted by Gasteiger charge is -2.26. The van der Waals surface area contributed by atoms with E-state index in [9.17, 15) is 4.39 Å². The van der Waals surface area contributed by atoms with E-state index in [0.29, 0.717) is 5.92 Å². The Balaban J connectivity index is 0.00000120.